The molecule has 0 aliphatic heterocycles. The average molecular weight is 231 g/mol. The van der Waals surface area contributed by atoms with E-state index in [2.05, 4.69) is 20.7 Å². The van der Waals surface area contributed by atoms with E-state index in [-0.39, 0.29) is 0 Å². The number of fused-ring (bicyclic) bond motifs is 5. The van der Waals surface area contributed by atoms with Crippen molar-refractivity contribution in [2.24, 2.45) is 29.5 Å². The van der Waals surface area contributed by atoms with E-state index in [4.69, 9.17) is 5.84 Å². The van der Waals surface area contributed by atoms with E-state index in [0.717, 1.165) is 29.5 Å². The summed E-state index contributed by atoms with van der Waals surface area (Å²) in [7, 11) is 0. The van der Waals surface area contributed by atoms with Crippen LogP contribution in [0.5, 0.6) is 0 Å². The third-order valence-electron chi connectivity index (χ3n) is 4.83. The van der Waals surface area contributed by atoms with Crippen LogP contribution in [0, 0.1) is 23.7 Å². The van der Waals surface area contributed by atoms with Crippen molar-refractivity contribution in [1.82, 2.24) is 9.97 Å². The molecule has 0 aromatic carbocycles. The lowest BCUT2D eigenvalue weighted by atomic mass is 10.0. The van der Waals surface area contributed by atoms with Gasteiger partial charge in [0.2, 0.25) is 5.95 Å². The largest absolute Gasteiger partial charge is 0.367 e. The Bertz CT molecular complexity index is 432. The van der Waals surface area contributed by atoms with E-state index in [1.54, 1.807) is 6.20 Å². The Morgan fingerprint density at radius 3 is 2.71 bits per heavy atom. The van der Waals surface area contributed by atoms with Crippen LogP contribution in [-0.2, 0) is 0 Å². The van der Waals surface area contributed by atoms with Gasteiger partial charge in [-0.25, -0.2) is 10.8 Å². The standard InChI is InChI=1S/C12H17N5/c13-17-12-14-4-3-8(16-12)15-11-9-6-1-2-7(5-6)10(9)11/h3-4,6-7,9-11H,1-2,5,13H2,(H2,14,15,16,17). The summed E-state index contributed by atoms with van der Waals surface area (Å²) >= 11 is 0. The Labute approximate surface area is 100 Å². The molecule has 4 rings (SSSR count). The Kier molecular flexibility index (Phi) is 1.88. The van der Waals surface area contributed by atoms with Crippen LogP contribution >= 0.6 is 0 Å². The van der Waals surface area contributed by atoms with Gasteiger partial charge in [-0.15, -0.1) is 0 Å². The predicted molar refractivity (Wildman–Crippen MR) is 65.1 cm³/mol. The first-order chi connectivity index (χ1) is 8.36. The lowest BCUT2D eigenvalue weighted by Gasteiger charge is -2.11. The zero-order valence-corrected chi connectivity index (χ0v) is 9.63. The summed E-state index contributed by atoms with van der Waals surface area (Å²) in [6, 6.07) is 2.57. The van der Waals surface area contributed by atoms with E-state index in [0.29, 0.717) is 12.0 Å². The monoisotopic (exact) mass is 231 g/mol. The Hall–Kier alpha value is -1.36. The van der Waals surface area contributed by atoms with Crippen molar-refractivity contribution in [1.29, 1.82) is 0 Å². The van der Waals surface area contributed by atoms with Crippen molar-refractivity contribution in [2.75, 3.05) is 10.7 Å². The van der Waals surface area contributed by atoms with Crippen LogP contribution in [0.2, 0.25) is 0 Å². The molecule has 0 radical (unpaired) electrons. The molecule has 0 amide bonds. The molecule has 3 aliphatic rings. The molecule has 3 aliphatic carbocycles. The number of nitrogens with one attached hydrogen (secondary N) is 2. The number of nitrogens with zero attached hydrogens (tertiary/aromatic N) is 2. The van der Waals surface area contributed by atoms with E-state index in [9.17, 15) is 0 Å². The van der Waals surface area contributed by atoms with Gasteiger partial charge in [-0.2, -0.15) is 4.98 Å². The summed E-state index contributed by atoms with van der Waals surface area (Å²) in [6.45, 7) is 0. The minimum absolute atomic E-state index is 0.476. The highest BCUT2D eigenvalue weighted by molar-refractivity contribution is 5.43. The first kappa shape index (κ1) is 9.65. The van der Waals surface area contributed by atoms with Crippen LogP contribution in [0.1, 0.15) is 19.3 Å². The first-order valence-corrected chi connectivity index (χ1v) is 6.43. The van der Waals surface area contributed by atoms with Gasteiger partial charge < -0.3 is 5.32 Å². The molecule has 90 valence electrons. The number of nitrogen functional groups attached to an aromatic ring is 1. The molecular formula is C12H17N5. The van der Waals surface area contributed by atoms with Gasteiger partial charge in [0.1, 0.15) is 5.82 Å². The molecule has 4 atom stereocenters. The van der Waals surface area contributed by atoms with E-state index in [1.807, 2.05) is 6.07 Å². The number of rotatable bonds is 3. The second-order valence-corrected chi connectivity index (χ2v) is 5.57. The highest BCUT2D eigenvalue weighted by Gasteiger charge is 2.65. The zero-order valence-electron chi connectivity index (χ0n) is 9.63. The molecule has 3 fully saturated rings. The maximum atomic E-state index is 5.31. The fraction of sp³-hybridized carbons (Fsp3) is 0.667. The average Bonchev–Trinajstić information content (AvgIpc) is 2.76. The van der Waals surface area contributed by atoms with Gasteiger partial charge in [-0.1, -0.05) is 0 Å². The fourth-order valence-electron chi connectivity index (χ4n) is 4.20. The molecule has 5 nitrogen and oxygen atoms in total. The topological polar surface area (TPSA) is 75.9 Å². The Morgan fingerprint density at radius 2 is 2.00 bits per heavy atom. The van der Waals surface area contributed by atoms with Crippen molar-refractivity contribution >= 4 is 11.8 Å². The van der Waals surface area contributed by atoms with Crippen LogP contribution in [0.15, 0.2) is 12.3 Å². The summed E-state index contributed by atoms with van der Waals surface area (Å²) < 4.78 is 0. The van der Waals surface area contributed by atoms with Crippen molar-refractivity contribution in [2.45, 2.75) is 25.3 Å². The molecule has 5 heteroatoms. The molecule has 0 spiro atoms. The summed E-state index contributed by atoms with van der Waals surface area (Å²) in [4.78, 5) is 8.32. The summed E-state index contributed by atoms with van der Waals surface area (Å²) in [5.74, 6) is 10.5. The van der Waals surface area contributed by atoms with Crippen molar-refractivity contribution in [3.05, 3.63) is 12.3 Å². The number of nitrogens with two attached hydrogens (primary N) is 1. The predicted octanol–water partition coefficient (Wildman–Crippen LogP) is 1.22. The van der Waals surface area contributed by atoms with Gasteiger partial charge in [0.05, 0.1) is 0 Å². The number of aromatic nitrogens is 2. The minimum atomic E-state index is 0.476. The smallest absolute Gasteiger partial charge is 0.239 e. The zero-order chi connectivity index (χ0) is 11.4. The Morgan fingerprint density at radius 1 is 1.24 bits per heavy atom. The first-order valence-electron chi connectivity index (χ1n) is 6.43. The van der Waals surface area contributed by atoms with Gasteiger partial charge >= 0.3 is 0 Å². The maximum absolute atomic E-state index is 5.31. The third-order valence-corrected chi connectivity index (χ3v) is 4.83. The normalized spacial score (nSPS) is 41.1. The van der Waals surface area contributed by atoms with Crippen LogP contribution in [0.4, 0.5) is 11.8 Å². The van der Waals surface area contributed by atoms with Crippen molar-refractivity contribution in [3.63, 3.8) is 0 Å². The molecule has 17 heavy (non-hydrogen) atoms. The van der Waals surface area contributed by atoms with Crippen molar-refractivity contribution in [3.8, 4) is 0 Å². The van der Waals surface area contributed by atoms with Crippen LogP contribution in [0.25, 0.3) is 0 Å². The van der Waals surface area contributed by atoms with Crippen LogP contribution in [-0.4, -0.2) is 16.0 Å². The van der Waals surface area contributed by atoms with Crippen molar-refractivity contribution < 1.29 is 0 Å². The number of hydrogen-bond donors (Lipinski definition) is 3. The van der Waals surface area contributed by atoms with Gasteiger partial charge in [0, 0.05) is 12.2 Å². The van der Waals surface area contributed by atoms with Crippen LogP contribution < -0.4 is 16.6 Å². The highest BCUT2D eigenvalue weighted by Crippen LogP contribution is 2.66. The summed E-state index contributed by atoms with van der Waals surface area (Å²) in [5.41, 5.74) is 2.48. The molecule has 1 aromatic rings. The summed E-state index contributed by atoms with van der Waals surface area (Å²) in [5, 5.41) is 3.55. The van der Waals surface area contributed by atoms with E-state index < -0.39 is 0 Å². The minimum Gasteiger partial charge on any atom is -0.367 e. The molecule has 1 aromatic heterocycles. The molecule has 2 bridgehead atoms. The lowest BCUT2D eigenvalue weighted by Crippen LogP contribution is -2.15. The molecular weight excluding hydrogens is 214 g/mol. The van der Waals surface area contributed by atoms with Gasteiger partial charge in [0.25, 0.3) is 0 Å². The number of hydrogen-bond acceptors (Lipinski definition) is 5. The Balaban J connectivity index is 1.49. The molecule has 0 saturated heterocycles. The molecule has 1 heterocycles. The van der Waals surface area contributed by atoms with Crippen LogP contribution in [0.3, 0.4) is 0 Å². The summed E-state index contributed by atoms with van der Waals surface area (Å²) in [6.07, 6.45) is 6.11. The highest BCUT2D eigenvalue weighted by atomic mass is 15.3. The van der Waals surface area contributed by atoms with Gasteiger partial charge in [-0.05, 0) is 49.0 Å². The van der Waals surface area contributed by atoms with Gasteiger partial charge in [-0.3, -0.25) is 5.43 Å². The second-order valence-electron chi connectivity index (χ2n) is 5.57. The molecule has 3 saturated carbocycles. The molecule has 4 unspecified atom stereocenters. The number of anilines is 2. The lowest BCUT2D eigenvalue weighted by molar-refractivity contribution is 0.456. The van der Waals surface area contributed by atoms with E-state index >= 15 is 0 Å². The molecule has 4 N–H and O–H groups in total. The third kappa shape index (κ3) is 1.35. The SMILES string of the molecule is NNc1nccc(NC2C3C4CCC(C4)C23)n1. The maximum Gasteiger partial charge on any atom is 0.239 e. The van der Waals surface area contributed by atoms with E-state index in [1.165, 1.54) is 19.3 Å². The van der Waals surface area contributed by atoms with Gasteiger partial charge in [0.15, 0.2) is 0 Å². The fourth-order valence-corrected chi connectivity index (χ4v) is 4.20. The quantitative estimate of drug-likeness (QED) is 0.538. The second kappa shape index (κ2) is 3.32. The number of hydrazine groups is 1.